The van der Waals surface area contributed by atoms with Gasteiger partial charge in [0.25, 0.3) is 0 Å². The number of nitrogens with two attached hydrogens (primary N) is 2. The second-order valence-electron chi connectivity index (χ2n) is 8.03. The smallest absolute Gasteiger partial charge is 0.326 e. The molecule has 1 aliphatic rings. The number of nitrogens with one attached hydrogen (secondary N) is 2. The van der Waals surface area contributed by atoms with Gasteiger partial charge >= 0.3 is 5.97 Å². The molecule has 0 saturated carbocycles. The molecule has 0 aliphatic carbocycles. The molecule has 1 heterocycles. The van der Waals surface area contributed by atoms with Crippen LogP contribution in [0.25, 0.3) is 0 Å². The number of unbranched alkanes of at least 4 members (excludes halogenated alkanes) is 1. The number of likely N-dealkylation sites (tertiary alicyclic amines) is 1. The van der Waals surface area contributed by atoms with Gasteiger partial charge in [0, 0.05) is 6.54 Å². The highest BCUT2D eigenvalue weighted by Gasteiger charge is 2.38. The van der Waals surface area contributed by atoms with Crippen molar-refractivity contribution >= 4 is 23.7 Å². The van der Waals surface area contributed by atoms with Gasteiger partial charge in [0.15, 0.2) is 0 Å². The average molecular weight is 444 g/mol. The summed E-state index contributed by atoms with van der Waals surface area (Å²) in [5.41, 5.74) is 11.1. The van der Waals surface area contributed by atoms with Crippen molar-refractivity contribution in [2.75, 3.05) is 19.7 Å². The van der Waals surface area contributed by atoms with Gasteiger partial charge in [0.05, 0.1) is 6.61 Å². The number of carboxylic acids is 1. The summed E-state index contributed by atoms with van der Waals surface area (Å²) in [6.45, 7) is 3.80. The molecule has 1 aliphatic heterocycles. The van der Waals surface area contributed by atoms with Crippen LogP contribution in [0, 0.1) is 5.92 Å². The maximum Gasteiger partial charge on any atom is 0.326 e. The summed E-state index contributed by atoms with van der Waals surface area (Å²) in [7, 11) is 0. The van der Waals surface area contributed by atoms with Crippen LogP contribution in [0.5, 0.6) is 0 Å². The fraction of sp³-hybridized carbons (Fsp3) is 0.800. The SMILES string of the molecule is CCC(C)C(NC(=O)C(CCCCN)NC(=O)C1CCCN1C(=O)C(N)CO)C(=O)O. The Morgan fingerprint density at radius 3 is 2.42 bits per heavy atom. The summed E-state index contributed by atoms with van der Waals surface area (Å²) in [6, 6.07) is -3.92. The number of carboxylic acid groups (broad SMARTS) is 1. The first-order valence-corrected chi connectivity index (χ1v) is 10.9. The highest BCUT2D eigenvalue weighted by atomic mass is 16.4. The first-order chi connectivity index (χ1) is 14.7. The average Bonchev–Trinajstić information content (AvgIpc) is 3.24. The van der Waals surface area contributed by atoms with E-state index in [4.69, 9.17) is 16.6 Å². The predicted molar refractivity (Wildman–Crippen MR) is 114 cm³/mol. The Morgan fingerprint density at radius 2 is 1.87 bits per heavy atom. The summed E-state index contributed by atoms with van der Waals surface area (Å²) in [6.07, 6.45) is 3.08. The molecule has 0 spiro atoms. The molecule has 178 valence electrons. The molecule has 11 heteroatoms. The van der Waals surface area contributed by atoms with Crippen molar-refractivity contribution in [3.8, 4) is 0 Å². The molecule has 5 unspecified atom stereocenters. The van der Waals surface area contributed by atoms with Gasteiger partial charge in [-0.1, -0.05) is 20.3 Å². The van der Waals surface area contributed by atoms with Crippen molar-refractivity contribution in [2.24, 2.45) is 17.4 Å². The van der Waals surface area contributed by atoms with E-state index in [1.54, 1.807) is 6.92 Å². The van der Waals surface area contributed by atoms with E-state index in [9.17, 15) is 24.3 Å². The van der Waals surface area contributed by atoms with Gasteiger partial charge in [0.1, 0.15) is 24.2 Å². The summed E-state index contributed by atoms with van der Waals surface area (Å²) in [5.74, 6) is -3.03. The number of aliphatic hydroxyl groups excluding tert-OH is 1. The highest BCUT2D eigenvalue weighted by molar-refractivity contribution is 5.94. The van der Waals surface area contributed by atoms with Crippen LogP contribution < -0.4 is 22.1 Å². The van der Waals surface area contributed by atoms with Gasteiger partial charge < -0.3 is 37.2 Å². The molecule has 5 atom stereocenters. The summed E-state index contributed by atoms with van der Waals surface area (Å²) < 4.78 is 0. The van der Waals surface area contributed by atoms with Crippen molar-refractivity contribution in [2.45, 2.75) is 76.5 Å². The largest absolute Gasteiger partial charge is 0.480 e. The van der Waals surface area contributed by atoms with Gasteiger partial charge in [-0.2, -0.15) is 0 Å². The Labute approximate surface area is 182 Å². The van der Waals surface area contributed by atoms with Gasteiger partial charge in [-0.25, -0.2) is 4.79 Å². The number of nitrogens with zero attached hydrogens (tertiary/aromatic N) is 1. The molecule has 1 rings (SSSR count). The van der Waals surface area contributed by atoms with Crippen molar-refractivity contribution in [3.05, 3.63) is 0 Å². The van der Waals surface area contributed by atoms with Gasteiger partial charge in [0.2, 0.25) is 17.7 Å². The van der Waals surface area contributed by atoms with E-state index in [1.807, 2.05) is 6.92 Å². The number of rotatable bonds is 13. The molecule has 0 aromatic rings. The number of carbonyl (C=O) groups excluding carboxylic acids is 3. The van der Waals surface area contributed by atoms with Crippen LogP contribution in [-0.4, -0.2) is 82.7 Å². The minimum absolute atomic E-state index is 0.287. The minimum Gasteiger partial charge on any atom is -0.480 e. The first kappa shape index (κ1) is 26.8. The Morgan fingerprint density at radius 1 is 1.19 bits per heavy atom. The van der Waals surface area contributed by atoms with Crippen molar-refractivity contribution in [1.82, 2.24) is 15.5 Å². The zero-order valence-corrected chi connectivity index (χ0v) is 18.4. The van der Waals surface area contributed by atoms with Crippen molar-refractivity contribution in [1.29, 1.82) is 0 Å². The van der Waals surface area contributed by atoms with E-state index in [-0.39, 0.29) is 5.92 Å². The van der Waals surface area contributed by atoms with E-state index in [2.05, 4.69) is 10.6 Å². The monoisotopic (exact) mass is 443 g/mol. The molecule has 1 saturated heterocycles. The molecule has 0 bridgehead atoms. The van der Waals surface area contributed by atoms with E-state index in [0.717, 1.165) is 0 Å². The van der Waals surface area contributed by atoms with Crippen LogP contribution in [-0.2, 0) is 19.2 Å². The molecule has 0 aromatic carbocycles. The maximum atomic E-state index is 12.9. The summed E-state index contributed by atoms with van der Waals surface area (Å²) in [5, 5.41) is 23.8. The molecule has 31 heavy (non-hydrogen) atoms. The highest BCUT2D eigenvalue weighted by Crippen LogP contribution is 2.19. The molecular weight excluding hydrogens is 406 g/mol. The number of hydrogen-bond donors (Lipinski definition) is 6. The molecule has 0 aromatic heterocycles. The number of aliphatic hydroxyl groups is 1. The Hall–Kier alpha value is -2.24. The third-order valence-corrected chi connectivity index (χ3v) is 5.71. The Kier molecular flexibility index (Phi) is 11.4. The van der Waals surface area contributed by atoms with Crippen LogP contribution in [0.15, 0.2) is 0 Å². The van der Waals surface area contributed by atoms with Crippen LogP contribution in [0.3, 0.4) is 0 Å². The van der Waals surface area contributed by atoms with E-state index in [0.29, 0.717) is 51.6 Å². The number of hydrogen-bond acceptors (Lipinski definition) is 7. The van der Waals surface area contributed by atoms with Gasteiger partial charge in [-0.3, -0.25) is 14.4 Å². The first-order valence-electron chi connectivity index (χ1n) is 10.9. The number of amides is 3. The van der Waals surface area contributed by atoms with Crippen LogP contribution in [0.1, 0.15) is 52.4 Å². The lowest BCUT2D eigenvalue weighted by atomic mass is 9.98. The van der Waals surface area contributed by atoms with Gasteiger partial charge in [-0.05, 0) is 44.6 Å². The van der Waals surface area contributed by atoms with Crippen LogP contribution >= 0.6 is 0 Å². The number of aliphatic carboxylic acids is 1. The van der Waals surface area contributed by atoms with Gasteiger partial charge in [-0.15, -0.1) is 0 Å². The van der Waals surface area contributed by atoms with Crippen LogP contribution in [0.4, 0.5) is 0 Å². The van der Waals surface area contributed by atoms with E-state index < -0.39 is 54.5 Å². The summed E-state index contributed by atoms with van der Waals surface area (Å²) >= 11 is 0. The lowest BCUT2D eigenvalue weighted by Crippen LogP contribution is -2.57. The fourth-order valence-corrected chi connectivity index (χ4v) is 3.56. The lowest BCUT2D eigenvalue weighted by Gasteiger charge is -2.29. The van der Waals surface area contributed by atoms with E-state index >= 15 is 0 Å². The normalized spacial score (nSPS) is 19.9. The van der Waals surface area contributed by atoms with Crippen LogP contribution in [0.2, 0.25) is 0 Å². The number of carbonyl (C=O) groups is 4. The zero-order chi connectivity index (χ0) is 23.6. The summed E-state index contributed by atoms with van der Waals surface area (Å²) in [4.78, 5) is 51.0. The quantitative estimate of drug-likeness (QED) is 0.186. The molecular formula is C20H37N5O6. The molecule has 0 radical (unpaired) electrons. The third-order valence-electron chi connectivity index (χ3n) is 5.71. The Balaban J connectivity index is 2.92. The Bertz CT molecular complexity index is 631. The maximum absolute atomic E-state index is 12.9. The molecule has 11 nitrogen and oxygen atoms in total. The van der Waals surface area contributed by atoms with E-state index in [1.165, 1.54) is 4.90 Å². The second-order valence-corrected chi connectivity index (χ2v) is 8.03. The predicted octanol–water partition coefficient (Wildman–Crippen LogP) is -1.47. The van der Waals surface area contributed by atoms with Crippen molar-refractivity contribution < 1.29 is 29.4 Å². The second kappa shape index (κ2) is 13.2. The topological polar surface area (TPSA) is 188 Å². The lowest BCUT2D eigenvalue weighted by molar-refractivity contribution is -0.144. The minimum atomic E-state index is -1.14. The molecule has 3 amide bonds. The molecule has 8 N–H and O–H groups in total. The standard InChI is InChI=1S/C20H37N5O6/c1-3-12(2)16(20(30)31)24-17(27)14(7-4-5-9-21)23-18(28)15-8-6-10-25(15)19(29)13(22)11-26/h12-16,26H,3-11,21-22H2,1-2H3,(H,23,28)(H,24,27)(H,30,31). The molecule has 1 fully saturated rings. The van der Waals surface area contributed by atoms with Crippen molar-refractivity contribution in [3.63, 3.8) is 0 Å². The zero-order valence-electron chi connectivity index (χ0n) is 18.4. The third kappa shape index (κ3) is 7.75. The fourth-order valence-electron chi connectivity index (χ4n) is 3.56.